The average molecular weight is 467 g/mol. The van der Waals surface area contributed by atoms with Crippen molar-refractivity contribution in [1.82, 2.24) is 25.2 Å². The number of hydrogen-bond donors (Lipinski definition) is 2. The van der Waals surface area contributed by atoms with Gasteiger partial charge in [-0.15, -0.1) is 0 Å². The van der Waals surface area contributed by atoms with Gasteiger partial charge in [-0.05, 0) is 56.2 Å². The van der Waals surface area contributed by atoms with E-state index >= 15 is 0 Å². The highest BCUT2D eigenvalue weighted by Crippen LogP contribution is 2.33. The van der Waals surface area contributed by atoms with E-state index in [4.69, 9.17) is 4.84 Å². The molecule has 180 valence electrons. The van der Waals surface area contributed by atoms with Gasteiger partial charge in [0.05, 0.1) is 5.69 Å². The van der Waals surface area contributed by atoms with E-state index in [1.54, 1.807) is 39.2 Å². The van der Waals surface area contributed by atoms with Gasteiger partial charge in [0, 0.05) is 45.2 Å². The first-order valence-corrected chi connectivity index (χ1v) is 11.6. The number of aromatic nitrogens is 3. The summed E-state index contributed by atoms with van der Waals surface area (Å²) in [6, 6.07) is 5.14. The molecule has 4 rings (SSSR count). The molecule has 0 spiro atoms. The number of carbonyl (C=O) groups is 2. The van der Waals surface area contributed by atoms with Crippen molar-refractivity contribution in [3.63, 3.8) is 0 Å². The molecule has 0 bridgehead atoms. The fraction of sp³-hybridized carbons (Fsp3) is 0.500. The second kappa shape index (κ2) is 10.1. The van der Waals surface area contributed by atoms with Crippen LogP contribution in [0.4, 0.5) is 0 Å². The second-order valence-corrected chi connectivity index (χ2v) is 9.05. The summed E-state index contributed by atoms with van der Waals surface area (Å²) < 4.78 is 1.47. The van der Waals surface area contributed by atoms with Gasteiger partial charge in [0.25, 0.3) is 11.5 Å². The molecule has 10 nitrogen and oxygen atoms in total. The average Bonchev–Trinajstić information content (AvgIpc) is 3.30. The Balaban J connectivity index is 1.36. The number of hydrogen-bond acceptors (Lipinski definition) is 7. The van der Waals surface area contributed by atoms with Crippen LogP contribution in [0.2, 0.25) is 0 Å². The number of pyridine rings is 1. The van der Waals surface area contributed by atoms with Crippen molar-refractivity contribution in [3.05, 3.63) is 57.5 Å². The molecule has 10 heteroatoms. The smallest absolute Gasteiger partial charge is 0.270 e. The SMILES string of the molecule is CC(=O)NC1CCC(C2CC(c3cc(C(=O)NCc4ccn(C)c(=O)c4)nc(C)n3)=NO2)CC1. The number of amides is 2. The number of aryl methyl sites for hydroxylation is 2. The lowest BCUT2D eigenvalue weighted by atomic mass is 9.81. The number of nitrogens with one attached hydrogen (secondary N) is 2. The quantitative estimate of drug-likeness (QED) is 0.666. The monoisotopic (exact) mass is 466 g/mol. The van der Waals surface area contributed by atoms with Crippen molar-refractivity contribution in [2.75, 3.05) is 0 Å². The highest BCUT2D eigenvalue weighted by Gasteiger charge is 2.34. The van der Waals surface area contributed by atoms with Crippen LogP contribution < -0.4 is 16.2 Å². The first kappa shape index (κ1) is 23.6. The van der Waals surface area contributed by atoms with Gasteiger partial charge < -0.3 is 20.0 Å². The van der Waals surface area contributed by atoms with Crippen LogP contribution in [0.15, 0.2) is 34.3 Å². The van der Waals surface area contributed by atoms with E-state index in [-0.39, 0.29) is 41.8 Å². The third-order valence-corrected chi connectivity index (χ3v) is 6.39. The van der Waals surface area contributed by atoms with Gasteiger partial charge in [0.1, 0.15) is 23.3 Å². The van der Waals surface area contributed by atoms with Crippen LogP contribution in [0.3, 0.4) is 0 Å². The van der Waals surface area contributed by atoms with Crippen LogP contribution in [-0.2, 0) is 23.2 Å². The molecule has 1 aliphatic carbocycles. The van der Waals surface area contributed by atoms with Crippen LogP contribution in [0.1, 0.15) is 66.6 Å². The predicted molar refractivity (Wildman–Crippen MR) is 125 cm³/mol. The van der Waals surface area contributed by atoms with E-state index < -0.39 is 0 Å². The topological polar surface area (TPSA) is 128 Å². The molecule has 1 aliphatic heterocycles. The second-order valence-electron chi connectivity index (χ2n) is 9.05. The van der Waals surface area contributed by atoms with E-state index in [0.29, 0.717) is 35.1 Å². The zero-order chi connectivity index (χ0) is 24.2. The molecular weight excluding hydrogens is 436 g/mol. The molecule has 0 aromatic carbocycles. The molecule has 3 heterocycles. The molecule has 2 amide bonds. The molecule has 34 heavy (non-hydrogen) atoms. The Hall–Kier alpha value is -3.56. The van der Waals surface area contributed by atoms with E-state index in [1.807, 2.05) is 0 Å². The molecule has 1 saturated carbocycles. The summed E-state index contributed by atoms with van der Waals surface area (Å²) >= 11 is 0. The van der Waals surface area contributed by atoms with Gasteiger partial charge in [-0.2, -0.15) is 0 Å². The summed E-state index contributed by atoms with van der Waals surface area (Å²) in [5, 5.41) is 10.1. The number of carbonyl (C=O) groups excluding carboxylic acids is 2. The molecule has 2 aliphatic rings. The van der Waals surface area contributed by atoms with Crippen LogP contribution in [0.25, 0.3) is 0 Å². The molecular formula is C24H30N6O4. The molecule has 1 atom stereocenters. The first-order valence-electron chi connectivity index (χ1n) is 11.6. The molecule has 2 N–H and O–H groups in total. The Morgan fingerprint density at radius 2 is 1.94 bits per heavy atom. The fourth-order valence-corrected chi connectivity index (χ4v) is 4.53. The van der Waals surface area contributed by atoms with Crippen molar-refractivity contribution in [2.45, 2.75) is 64.6 Å². The molecule has 1 fully saturated rings. The Kier molecular flexibility index (Phi) is 7.04. The van der Waals surface area contributed by atoms with Gasteiger partial charge >= 0.3 is 0 Å². The van der Waals surface area contributed by atoms with Crippen LogP contribution in [0, 0.1) is 12.8 Å². The maximum absolute atomic E-state index is 12.7. The van der Waals surface area contributed by atoms with E-state index in [9.17, 15) is 14.4 Å². The van der Waals surface area contributed by atoms with Gasteiger partial charge in [0.15, 0.2) is 0 Å². The van der Waals surface area contributed by atoms with Crippen LogP contribution in [0.5, 0.6) is 0 Å². The van der Waals surface area contributed by atoms with Crippen LogP contribution >= 0.6 is 0 Å². The largest absolute Gasteiger partial charge is 0.391 e. The fourth-order valence-electron chi connectivity index (χ4n) is 4.53. The van der Waals surface area contributed by atoms with E-state index in [1.165, 1.54) is 10.6 Å². The molecule has 1 unspecified atom stereocenters. The summed E-state index contributed by atoms with van der Waals surface area (Å²) in [6.45, 7) is 3.51. The molecule has 2 aromatic heterocycles. The van der Waals surface area contributed by atoms with Crippen LogP contribution in [-0.4, -0.2) is 44.2 Å². The maximum atomic E-state index is 12.7. The minimum atomic E-state index is -0.347. The minimum Gasteiger partial charge on any atom is -0.391 e. The predicted octanol–water partition coefficient (Wildman–Crippen LogP) is 1.60. The third-order valence-electron chi connectivity index (χ3n) is 6.39. The van der Waals surface area contributed by atoms with Gasteiger partial charge in [-0.1, -0.05) is 5.16 Å². The zero-order valence-electron chi connectivity index (χ0n) is 19.7. The Morgan fingerprint density at radius 1 is 1.18 bits per heavy atom. The highest BCUT2D eigenvalue weighted by molar-refractivity contribution is 6.01. The lowest BCUT2D eigenvalue weighted by molar-refractivity contribution is -0.120. The lowest BCUT2D eigenvalue weighted by Gasteiger charge is -2.31. The van der Waals surface area contributed by atoms with Crippen molar-refractivity contribution in [3.8, 4) is 0 Å². The third kappa shape index (κ3) is 5.67. The van der Waals surface area contributed by atoms with Crippen molar-refractivity contribution >= 4 is 17.5 Å². The minimum absolute atomic E-state index is 0.0122. The Morgan fingerprint density at radius 3 is 2.65 bits per heavy atom. The summed E-state index contributed by atoms with van der Waals surface area (Å²) in [5.74, 6) is 0.506. The summed E-state index contributed by atoms with van der Waals surface area (Å²) in [6.07, 6.45) is 6.07. The standard InChI is InChI=1S/C24H30N6O4/c1-14-26-19(11-21(27-14)24(33)25-13-16-8-9-30(3)23(32)10-16)20-12-22(34-29-20)17-4-6-18(7-5-17)28-15(2)31/h8-11,17-18,22H,4-7,12-13H2,1-3H3,(H,25,33)(H,28,31). The number of oxime groups is 1. The normalized spacial score (nSPS) is 22.0. The van der Waals surface area contributed by atoms with Crippen molar-refractivity contribution in [2.24, 2.45) is 18.1 Å². The molecule has 0 saturated heterocycles. The first-order chi connectivity index (χ1) is 16.3. The van der Waals surface area contributed by atoms with Gasteiger partial charge in [-0.25, -0.2) is 9.97 Å². The zero-order valence-corrected chi connectivity index (χ0v) is 19.7. The van der Waals surface area contributed by atoms with Gasteiger partial charge in [-0.3, -0.25) is 14.4 Å². The number of nitrogens with zero attached hydrogens (tertiary/aromatic N) is 4. The molecule has 0 radical (unpaired) electrons. The Labute approximate surface area is 197 Å². The van der Waals surface area contributed by atoms with Gasteiger partial charge in [0.2, 0.25) is 5.91 Å². The van der Waals surface area contributed by atoms with Crippen molar-refractivity contribution < 1.29 is 14.4 Å². The lowest BCUT2D eigenvalue weighted by Crippen LogP contribution is -2.38. The summed E-state index contributed by atoms with van der Waals surface area (Å²) in [7, 11) is 1.67. The Bertz CT molecular complexity index is 1170. The molecule has 2 aromatic rings. The van der Waals surface area contributed by atoms with E-state index in [2.05, 4.69) is 25.8 Å². The van der Waals surface area contributed by atoms with Crippen molar-refractivity contribution in [1.29, 1.82) is 0 Å². The highest BCUT2D eigenvalue weighted by atomic mass is 16.6. The summed E-state index contributed by atoms with van der Waals surface area (Å²) in [5.41, 5.74) is 2.12. The van der Waals surface area contributed by atoms with E-state index in [0.717, 1.165) is 25.7 Å². The number of rotatable bonds is 6. The maximum Gasteiger partial charge on any atom is 0.270 e. The summed E-state index contributed by atoms with van der Waals surface area (Å²) in [4.78, 5) is 50.3.